The van der Waals surface area contributed by atoms with Crippen LogP contribution >= 0.6 is 15.9 Å². The standard InChI is InChI=1S/C15H20BrF2NO/c1-15(2,3)19-6-4-10(5-7-19)20-11-8-12(17)14(16)13(18)9-11/h8-10H,4-7H2,1-3H3. The van der Waals surface area contributed by atoms with Crippen molar-refractivity contribution in [1.29, 1.82) is 0 Å². The summed E-state index contributed by atoms with van der Waals surface area (Å²) in [5.74, 6) is -1.00. The first-order chi connectivity index (χ1) is 9.27. The summed E-state index contributed by atoms with van der Waals surface area (Å²) in [7, 11) is 0. The van der Waals surface area contributed by atoms with E-state index in [0.29, 0.717) is 0 Å². The molecular weight excluding hydrogens is 328 g/mol. The van der Waals surface area contributed by atoms with Crippen LogP contribution < -0.4 is 4.74 Å². The number of hydrogen-bond donors (Lipinski definition) is 0. The van der Waals surface area contributed by atoms with E-state index in [2.05, 4.69) is 41.6 Å². The van der Waals surface area contributed by atoms with Crippen LogP contribution in [0.15, 0.2) is 16.6 Å². The van der Waals surface area contributed by atoms with Gasteiger partial charge in [0.1, 0.15) is 23.5 Å². The van der Waals surface area contributed by atoms with Crippen LogP contribution in [0.2, 0.25) is 0 Å². The molecule has 0 radical (unpaired) electrons. The molecule has 0 atom stereocenters. The highest BCUT2D eigenvalue weighted by molar-refractivity contribution is 9.10. The molecule has 1 heterocycles. The summed E-state index contributed by atoms with van der Waals surface area (Å²) in [5, 5.41) is 0. The second kappa shape index (κ2) is 5.98. The molecule has 1 aromatic rings. The van der Waals surface area contributed by atoms with E-state index in [1.807, 2.05) is 0 Å². The lowest BCUT2D eigenvalue weighted by Crippen LogP contribution is -2.48. The number of hydrogen-bond acceptors (Lipinski definition) is 2. The van der Waals surface area contributed by atoms with Crippen molar-refractivity contribution in [3.63, 3.8) is 0 Å². The van der Waals surface area contributed by atoms with Crippen LogP contribution in [0, 0.1) is 11.6 Å². The number of ether oxygens (including phenoxy) is 1. The van der Waals surface area contributed by atoms with Crippen LogP contribution in [0.5, 0.6) is 5.75 Å². The molecule has 0 saturated carbocycles. The minimum absolute atomic E-state index is 0.0218. The summed E-state index contributed by atoms with van der Waals surface area (Å²) in [5.41, 5.74) is 0.154. The molecular formula is C15H20BrF2NO. The average molecular weight is 348 g/mol. The Labute approximate surface area is 127 Å². The lowest BCUT2D eigenvalue weighted by molar-refractivity contribution is 0.0489. The monoisotopic (exact) mass is 347 g/mol. The Kier molecular flexibility index (Phi) is 4.69. The highest BCUT2D eigenvalue weighted by Gasteiger charge is 2.28. The van der Waals surface area contributed by atoms with Crippen molar-refractivity contribution in [2.24, 2.45) is 0 Å². The zero-order valence-electron chi connectivity index (χ0n) is 12.0. The van der Waals surface area contributed by atoms with Gasteiger partial charge in [-0.3, -0.25) is 4.90 Å². The molecule has 2 nitrogen and oxygen atoms in total. The fraction of sp³-hybridized carbons (Fsp3) is 0.600. The fourth-order valence-corrected chi connectivity index (χ4v) is 2.67. The summed E-state index contributed by atoms with van der Waals surface area (Å²) in [4.78, 5) is 2.40. The molecule has 0 aromatic heterocycles. The predicted octanol–water partition coefficient (Wildman–Crippen LogP) is 4.37. The average Bonchev–Trinajstić information content (AvgIpc) is 2.35. The zero-order chi connectivity index (χ0) is 14.9. The summed E-state index contributed by atoms with van der Waals surface area (Å²) in [6, 6.07) is 2.45. The number of benzene rings is 1. The quantitative estimate of drug-likeness (QED) is 0.736. The molecule has 20 heavy (non-hydrogen) atoms. The molecule has 1 aliphatic rings. The lowest BCUT2D eigenvalue weighted by Gasteiger charge is -2.40. The van der Waals surface area contributed by atoms with E-state index < -0.39 is 11.6 Å². The van der Waals surface area contributed by atoms with Gasteiger partial charge in [0.15, 0.2) is 0 Å². The minimum Gasteiger partial charge on any atom is -0.490 e. The maximum Gasteiger partial charge on any atom is 0.144 e. The van der Waals surface area contributed by atoms with Crippen LogP contribution in [0.25, 0.3) is 0 Å². The van der Waals surface area contributed by atoms with E-state index in [4.69, 9.17) is 4.74 Å². The van der Waals surface area contributed by atoms with Crippen molar-refractivity contribution >= 4 is 15.9 Å². The van der Waals surface area contributed by atoms with Crippen LogP contribution in [0.4, 0.5) is 8.78 Å². The Morgan fingerprint density at radius 2 is 1.65 bits per heavy atom. The Bertz CT molecular complexity index is 456. The van der Waals surface area contributed by atoms with E-state index in [0.717, 1.165) is 25.9 Å². The van der Waals surface area contributed by atoms with Gasteiger partial charge in [-0.25, -0.2) is 8.78 Å². The largest absolute Gasteiger partial charge is 0.490 e. The number of piperidine rings is 1. The predicted molar refractivity (Wildman–Crippen MR) is 79.0 cm³/mol. The molecule has 0 spiro atoms. The smallest absolute Gasteiger partial charge is 0.144 e. The first-order valence-corrected chi connectivity index (χ1v) is 7.63. The summed E-state index contributed by atoms with van der Waals surface area (Å²) < 4.78 is 32.4. The van der Waals surface area contributed by atoms with Crippen molar-refractivity contribution in [2.45, 2.75) is 45.3 Å². The first kappa shape index (κ1) is 15.7. The van der Waals surface area contributed by atoms with E-state index >= 15 is 0 Å². The van der Waals surface area contributed by atoms with E-state index in [-0.39, 0.29) is 21.9 Å². The summed E-state index contributed by atoms with van der Waals surface area (Å²) in [6.45, 7) is 8.44. The SMILES string of the molecule is CC(C)(C)N1CCC(Oc2cc(F)c(Br)c(F)c2)CC1. The van der Waals surface area contributed by atoms with Crippen molar-refractivity contribution < 1.29 is 13.5 Å². The van der Waals surface area contributed by atoms with Gasteiger partial charge in [-0.05, 0) is 49.5 Å². The van der Waals surface area contributed by atoms with Gasteiger partial charge < -0.3 is 4.74 Å². The van der Waals surface area contributed by atoms with Crippen LogP contribution in [-0.4, -0.2) is 29.6 Å². The molecule has 0 aliphatic carbocycles. The molecule has 5 heteroatoms. The first-order valence-electron chi connectivity index (χ1n) is 6.83. The molecule has 0 N–H and O–H groups in total. The third kappa shape index (κ3) is 3.70. The molecule has 0 unspecified atom stereocenters. The van der Waals surface area contributed by atoms with Gasteiger partial charge in [-0.1, -0.05) is 0 Å². The van der Waals surface area contributed by atoms with E-state index in [1.54, 1.807) is 0 Å². The number of halogens is 3. The highest BCUT2D eigenvalue weighted by Crippen LogP contribution is 2.28. The number of likely N-dealkylation sites (tertiary alicyclic amines) is 1. The number of rotatable bonds is 2. The minimum atomic E-state index is -0.632. The molecule has 1 aliphatic heterocycles. The summed E-state index contributed by atoms with van der Waals surface area (Å²) >= 11 is 2.86. The van der Waals surface area contributed by atoms with Gasteiger partial charge in [0.25, 0.3) is 0 Å². The third-order valence-corrected chi connectivity index (χ3v) is 4.41. The van der Waals surface area contributed by atoms with Gasteiger partial charge in [0.05, 0.1) is 4.47 Å². The molecule has 2 rings (SSSR count). The van der Waals surface area contributed by atoms with E-state index in [9.17, 15) is 8.78 Å². The normalized spacial score (nSPS) is 18.3. The van der Waals surface area contributed by atoms with Gasteiger partial charge in [-0.15, -0.1) is 0 Å². The lowest BCUT2D eigenvalue weighted by atomic mass is 9.99. The van der Waals surface area contributed by atoms with Crippen LogP contribution in [0.1, 0.15) is 33.6 Å². The maximum absolute atomic E-state index is 13.4. The van der Waals surface area contributed by atoms with Crippen LogP contribution in [-0.2, 0) is 0 Å². The Hall–Kier alpha value is -0.680. The second-order valence-corrected chi connectivity index (χ2v) is 6.97. The topological polar surface area (TPSA) is 12.5 Å². The Morgan fingerprint density at radius 1 is 1.15 bits per heavy atom. The highest BCUT2D eigenvalue weighted by atomic mass is 79.9. The number of nitrogens with zero attached hydrogens (tertiary/aromatic N) is 1. The molecule has 1 aromatic carbocycles. The van der Waals surface area contributed by atoms with Gasteiger partial charge in [0.2, 0.25) is 0 Å². The molecule has 112 valence electrons. The second-order valence-electron chi connectivity index (χ2n) is 6.18. The fourth-order valence-electron chi connectivity index (χ4n) is 2.44. The van der Waals surface area contributed by atoms with Gasteiger partial charge in [-0.2, -0.15) is 0 Å². The Morgan fingerprint density at radius 3 is 2.10 bits per heavy atom. The van der Waals surface area contributed by atoms with Crippen molar-refractivity contribution in [3.8, 4) is 5.75 Å². The van der Waals surface area contributed by atoms with E-state index in [1.165, 1.54) is 12.1 Å². The molecule has 1 saturated heterocycles. The zero-order valence-corrected chi connectivity index (χ0v) is 13.6. The van der Waals surface area contributed by atoms with Gasteiger partial charge in [0, 0.05) is 30.8 Å². The Balaban J connectivity index is 1.96. The third-order valence-electron chi connectivity index (χ3n) is 3.65. The molecule has 0 bridgehead atoms. The summed E-state index contributed by atoms with van der Waals surface area (Å²) in [6.07, 6.45) is 1.77. The van der Waals surface area contributed by atoms with Crippen molar-refractivity contribution in [2.75, 3.05) is 13.1 Å². The van der Waals surface area contributed by atoms with Crippen molar-refractivity contribution in [1.82, 2.24) is 4.90 Å². The van der Waals surface area contributed by atoms with Gasteiger partial charge >= 0.3 is 0 Å². The van der Waals surface area contributed by atoms with Crippen LogP contribution in [0.3, 0.4) is 0 Å². The van der Waals surface area contributed by atoms with Crippen molar-refractivity contribution in [3.05, 3.63) is 28.2 Å². The molecule has 1 fully saturated rings. The maximum atomic E-state index is 13.4. The molecule has 0 amide bonds.